The summed E-state index contributed by atoms with van der Waals surface area (Å²) in [4.78, 5) is 14.5. The van der Waals surface area contributed by atoms with Crippen LogP contribution in [0.1, 0.15) is 47.1 Å². The molecule has 0 N–H and O–H groups in total. The normalized spacial score (nSPS) is 16.9. The van der Waals surface area contributed by atoms with Crippen molar-refractivity contribution < 1.29 is 13.2 Å². The van der Waals surface area contributed by atoms with E-state index < -0.39 is 9.84 Å². The number of rotatable bonds is 3. The Morgan fingerprint density at radius 1 is 1.04 bits per heavy atom. The highest BCUT2D eigenvalue weighted by Gasteiger charge is 2.28. The maximum Gasteiger partial charge on any atom is 0.255 e. The maximum atomic E-state index is 12.9. The van der Waals surface area contributed by atoms with Crippen LogP contribution < -0.4 is 0 Å². The first kappa shape index (κ1) is 18.7. The van der Waals surface area contributed by atoms with Crippen LogP contribution in [0.15, 0.2) is 30.3 Å². The summed E-state index contributed by atoms with van der Waals surface area (Å²) in [5.41, 5.74) is 4.84. The number of nitrogens with zero attached hydrogens (tertiary/aromatic N) is 2. The van der Waals surface area contributed by atoms with Crippen molar-refractivity contribution in [1.29, 1.82) is 0 Å². The Morgan fingerprint density at radius 3 is 2.15 bits per heavy atom. The second kappa shape index (κ2) is 6.91. The van der Waals surface area contributed by atoms with Gasteiger partial charge in [-0.2, -0.15) is 0 Å². The van der Waals surface area contributed by atoms with Crippen LogP contribution in [-0.4, -0.2) is 48.4 Å². The Balaban J connectivity index is 1.89. The van der Waals surface area contributed by atoms with Crippen LogP contribution >= 0.6 is 0 Å². The van der Waals surface area contributed by atoms with Crippen molar-refractivity contribution in [3.63, 3.8) is 0 Å². The largest absolute Gasteiger partial charge is 0.337 e. The molecule has 2 aromatic rings. The van der Waals surface area contributed by atoms with Gasteiger partial charge in [0, 0.05) is 30.2 Å². The van der Waals surface area contributed by atoms with Gasteiger partial charge >= 0.3 is 0 Å². The number of hydrogen-bond acceptors (Lipinski definition) is 3. The molecule has 0 radical (unpaired) electrons. The smallest absolute Gasteiger partial charge is 0.255 e. The molecule has 1 fully saturated rings. The Kier molecular flexibility index (Phi) is 4.97. The first-order chi connectivity index (χ1) is 12.2. The van der Waals surface area contributed by atoms with Crippen molar-refractivity contribution >= 4 is 15.7 Å². The van der Waals surface area contributed by atoms with Gasteiger partial charge in [0.15, 0.2) is 9.84 Å². The minimum atomic E-state index is -3.00. The van der Waals surface area contributed by atoms with E-state index in [2.05, 4.69) is 42.7 Å². The summed E-state index contributed by atoms with van der Waals surface area (Å²) in [6.45, 7) is 8.80. The molecule has 0 aliphatic carbocycles. The quantitative estimate of drug-likeness (QED) is 0.829. The van der Waals surface area contributed by atoms with Crippen molar-refractivity contribution in [2.75, 3.05) is 24.6 Å². The predicted octanol–water partition coefficient (Wildman–Crippen LogP) is 3.09. The van der Waals surface area contributed by atoms with E-state index in [1.807, 2.05) is 19.9 Å². The van der Waals surface area contributed by atoms with E-state index in [1.54, 1.807) is 4.90 Å². The summed E-state index contributed by atoms with van der Waals surface area (Å²) in [5.74, 6) is 0.490. The molecular formula is C20H26N2O3S. The highest BCUT2D eigenvalue weighted by Crippen LogP contribution is 2.24. The topological polar surface area (TPSA) is 59.4 Å². The van der Waals surface area contributed by atoms with Crippen LogP contribution in [0.3, 0.4) is 0 Å². The van der Waals surface area contributed by atoms with Crippen molar-refractivity contribution in [2.24, 2.45) is 0 Å². The monoisotopic (exact) mass is 374 g/mol. The van der Waals surface area contributed by atoms with Crippen LogP contribution in [-0.2, 0) is 9.84 Å². The molecule has 1 aliphatic heterocycles. The molecule has 0 bridgehead atoms. The van der Waals surface area contributed by atoms with Crippen molar-refractivity contribution in [3.8, 4) is 5.69 Å². The van der Waals surface area contributed by atoms with Gasteiger partial charge in [-0.1, -0.05) is 26.0 Å². The van der Waals surface area contributed by atoms with Gasteiger partial charge in [0.2, 0.25) is 0 Å². The van der Waals surface area contributed by atoms with Crippen LogP contribution in [0.5, 0.6) is 0 Å². The lowest BCUT2D eigenvalue weighted by molar-refractivity contribution is 0.0769. The third kappa shape index (κ3) is 3.56. The second-order valence-electron chi connectivity index (χ2n) is 7.31. The van der Waals surface area contributed by atoms with Gasteiger partial charge in [0.1, 0.15) is 0 Å². The molecule has 0 spiro atoms. The SMILES string of the molecule is Cc1cc(C(=O)N2CCS(=O)(=O)CC2)c(C)n1-c1ccc(C(C)C)cc1. The van der Waals surface area contributed by atoms with Gasteiger partial charge in [-0.25, -0.2) is 8.42 Å². The lowest BCUT2D eigenvalue weighted by Crippen LogP contribution is -2.43. The fourth-order valence-electron chi connectivity index (χ4n) is 3.47. The molecule has 0 atom stereocenters. The number of aromatic nitrogens is 1. The summed E-state index contributed by atoms with van der Waals surface area (Å²) >= 11 is 0. The van der Waals surface area contributed by atoms with E-state index in [1.165, 1.54) is 5.56 Å². The highest BCUT2D eigenvalue weighted by atomic mass is 32.2. The van der Waals surface area contributed by atoms with Crippen LogP contribution in [0.25, 0.3) is 5.69 Å². The van der Waals surface area contributed by atoms with E-state index in [4.69, 9.17) is 0 Å². The van der Waals surface area contributed by atoms with Crippen LogP contribution in [0.2, 0.25) is 0 Å². The molecule has 1 amide bonds. The van der Waals surface area contributed by atoms with Gasteiger partial charge in [0.25, 0.3) is 5.91 Å². The first-order valence-corrected chi connectivity index (χ1v) is 10.8. The number of aryl methyl sites for hydroxylation is 1. The van der Waals surface area contributed by atoms with Gasteiger partial charge < -0.3 is 9.47 Å². The summed E-state index contributed by atoms with van der Waals surface area (Å²) in [6.07, 6.45) is 0. The van der Waals surface area contributed by atoms with E-state index in [9.17, 15) is 13.2 Å². The summed E-state index contributed by atoms with van der Waals surface area (Å²) in [7, 11) is -3.00. The Labute approximate surface area is 155 Å². The predicted molar refractivity (Wildman–Crippen MR) is 104 cm³/mol. The molecule has 5 nitrogen and oxygen atoms in total. The number of amides is 1. The fraction of sp³-hybridized carbons (Fsp3) is 0.450. The maximum absolute atomic E-state index is 12.9. The van der Waals surface area contributed by atoms with E-state index in [0.717, 1.165) is 17.1 Å². The zero-order valence-corrected chi connectivity index (χ0v) is 16.6. The number of carbonyl (C=O) groups excluding carboxylic acids is 1. The molecule has 140 valence electrons. The van der Waals surface area contributed by atoms with Crippen molar-refractivity contribution in [3.05, 3.63) is 52.8 Å². The van der Waals surface area contributed by atoms with Crippen LogP contribution in [0, 0.1) is 13.8 Å². The number of hydrogen-bond donors (Lipinski definition) is 0. The zero-order valence-electron chi connectivity index (χ0n) is 15.8. The Morgan fingerprint density at radius 2 is 1.62 bits per heavy atom. The first-order valence-electron chi connectivity index (χ1n) is 8.98. The van der Waals surface area contributed by atoms with Gasteiger partial charge in [-0.3, -0.25) is 4.79 Å². The Hall–Kier alpha value is -2.08. The number of sulfone groups is 1. The molecule has 6 heteroatoms. The third-order valence-corrected chi connectivity index (χ3v) is 6.72. The lowest BCUT2D eigenvalue weighted by Gasteiger charge is -2.26. The van der Waals surface area contributed by atoms with Crippen LogP contribution in [0.4, 0.5) is 0 Å². The van der Waals surface area contributed by atoms with Gasteiger partial charge in [0.05, 0.1) is 17.1 Å². The van der Waals surface area contributed by atoms with Crippen molar-refractivity contribution in [2.45, 2.75) is 33.6 Å². The number of benzene rings is 1. The summed E-state index contributed by atoms with van der Waals surface area (Å²) in [5, 5.41) is 0. The Bertz CT molecular complexity index is 911. The van der Waals surface area contributed by atoms with Crippen molar-refractivity contribution in [1.82, 2.24) is 9.47 Å². The average Bonchev–Trinajstić information content (AvgIpc) is 2.89. The average molecular weight is 375 g/mol. The molecule has 1 aromatic carbocycles. The second-order valence-corrected chi connectivity index (χ2v) is 9.61. The summed E-state index contributed by atoms with van der Waals surface area (Å²) < 4.78 is 25.3. The minimum Gasteiger partial charge on any atom is -0.337 e. The third-order valence-electron chi connectivity index (χ3n) is 5.11. The molecular weight excluding hydrogens is 348 g/mol. The molecule has 0 saturated carbocycles. The molecule has 1 saturated heterocycles. The molecule has 1 aliphatic rings. The zero-order chi connectivity index (χ0) is 19.1. The number of carbonyl (C=O) groups is 1. The summed E-state index contributed by atoms with van der Waals surface area (Å²) in [6, 6.07) is 10.3. The van der Waals surface area contributed by atoms with E-state index >= 15 is 0 Å². The standard InChI is InChI=1S/C20H26N2O3S/c1-14(2)17-5-7-18(8-6-17)22-15(3)13-19(16(22)4)20(23)21-9-11-26(24,25)12-10-21/h5-8,13-14H,9-12H2,1-4H3. The molecule has 1 aromatic heterocycles. The van der Waals surface area contributed by atoms with Gasteiger partial charge in [-0.05, 0) is 43.5 Å². The minimum absolute atomic E-state index is 0.0497. The molecule has 2 heterocycles. The fourth-order valence-corrected chi connectivity index (χ4v) is 4.67. The lowest BCUT2D eigenvalue weighted by atomic mass is 10.0. The highest BCUT2D eigenvalue weighted by molar-refractivity contribution is 7.91. The van der Waals surface area contributed by atoms with Gasteiger partial charge in [-0.15, -0.1) is 0 Å². The molecule has 3 rings (SSSR count). The molecule has 0 unspecified atom stereocenters. The molecule has 26 heavy (non-hydrogen) atoms. The van der Waals surface area contributed by atoms with E-state index in [-0.39, 0.29) is 30.5 Å². The van der Waals surface area contributed by atoms with E-state index in [0.29, 0.717) is 11.5 Å².